The normalized spacial score (nSPS) is 13.6. The molecule has 192 valence electrons. The Kier molecular flexibility index (Phi) is 4.82. The first-order valence-corrected chi connectivity index (χ1v) is 13.9. The van der Waals surface area contributed by atoms with E-state index in [2.05, 4.69) is 147 Å². The minimum atomic E-state index is -0.0789. The molecule has 2 nitrogen and oxygen atoms in total. The zero-order valence-electron chi connectivity index (χ0n) is 22.9. The zero-order chi connectivity index (χ0) is 27.0. The maximum Gasteiger partial charge on any atom is 0.159 e. The van der Waals surface area contributed by atoms with Gasteiger partial charge in [-0.1, -0.05) is 98.8 Å². The summed E-state index contributed by atoms with van der Waals surface area (Å²) >= 11 is 0. The highest BCUT2D eigenvalue weighted by molar-refractivity contribution is 6.20. The molecule has 1 heterocycles. The molecule has 0 radical (unpaired) electrons. The number of benzene rings is 6. The largest absolute Gasteiger partial charge is 0.454 e. The Morgan fingerprint density at radius 2 is 1.35 bits per heavy atom. The van der Waals surface area contributed by atoms with Crippen molar-refractivity contribution in [2.24, 2.45) is 0 Å². The van der Waals surface area contributed by atoms with Gasteiger partial charge in [0.25, 0.3) is 0 Å². The second-order valence-corrected chi connectivity index (χ2v) is 11.5. The summed E-state index contributed by atoms with van der Waals surface area (Å²) in [5.74, 6) is 0. The van der Waals surface area contributed by atoms with Gasteiger partial charge in [-0.2, -0.15) is 0 Å². The van der Waals surface area contributed by atoms with Crippen molar-refractivity contribution in [1.29, 1.82) is 0 Å². The molecule has 0 saturated heterocycles. The van der Waals surface area contributed by atoms with Crippen LogP contribution in [0.4, 0.5) is 17.1 Å². The van der Waals surface area contributed by atoms with Crippen LogP contribution < -0.4 is 4.90 Å². The van der Waals surface area contributed by atoms with Crippen LogP contribution in [0.2, 0.25) is 0 Å². The van der Waals surface area contributed by atoms with E-state index in [1.807, 2.05) is 0 Å². The van der Waals surface area contributed by atoms with E-state index in [4.69, 9.17) is 4.42 Å². The van der Waals surface area contributed by atoms with Gasteiger partial charge >= 0.3 is 0 Å². The van der Waals surface area contributed by atoms with Crippen LogP contribution in [0.5, 0.6) is 0 Å². The highest BCUT2D eigenvalue weighted by Gasteiger charge is 2.35. The Morgan fingerprint density at radius 1 is 0.600 bits per heavy atom. The third-order valence-corrected chi connectivity index (χ3v) is 8.69. The number of rotatable bonds is 3. The standard InChI is InChI=1S/C38H29NO/c1-24-10-8-12-26(22-24)39(27-19-20-30-29-14-6-7-16-32(29)38(2,3)33(30)23-27)34-17-9-15-31-36-28-13-5-4-11-25(28)18-21-35(36)40-37(31)34/h4-23H,1-3H3. The Hall–Kier alpha value is -4.82. The number of aryl methyl sites for hydroxylation is 1. The number of anilines is 3. The van der Waals surface area contributed by atoms with Gasteiger partial charge in [0.05, 0.1) is 5.69 Å². The predicted molar refractivity (Wildman–Crippen MR) is 168 cm³/mol. The van der Waals surface area contributed by atoms with Gasteiger partial charge in [0.1, 0.15) is 5.58 Å². The van der Waals surface area contributed by atoms with Gasteiger partial charge in [-0.15, -0.1) is 0 Å². The summed E-state index contributed by atoms with van der Waals surface area (Å²) in [6.07, 6.45) is 0. The molecule has 0 N–H and O–H groups in total. The minimum Gasteiger partial charge on any atom is -0.454 e. The van der Waals surface area contributed by atoms with E-state index in [-0.39, 0.29) is 5.41 Å². The Balaban J connectivity index is 1.40. The maximum absolute atomic E-state index is 6.69. The lowest BCUT2D eigenvalue weighted by Gasteiger charge is -2.28. The van der Waals surface area contributed by atoms with Crippen molar-refractivity contribution in [2.75, 3.05) is 4.90 Å². The highest BCUT2D eigenvalue weighted by Crippen LogP contribution is 2.51. The molecule has 0 spiro atoms. The quantitative estimate of drug-likeness (QED) is 0.233. The van der Waals surface area contributed by atoms with Crippen molar-refractivity contribution in [3.8, 4) is 11.1 Å². The van der Waals surface area contributed by atoms with Gasteiger partial charge in [0.2, 0.25) is 0 Å². The SMILES string of the molecule is Cc1cccc(N(c2ccc3c(c2)C(C)(C)c2ccccc2-3)c2cccc3c2oc2ccc4ccccc4c23)c1. The van der Waals surface area contributed by atoms with E-state index >= 15 is 0 Å². The van der Waals surface area contributed by atoms with Crippen molar-refractivity contribution in [1.82, 2.24) is 0 Å². The highest BCUT2D eigenvalue weighted by atomic mass is 16.3. The van der Waals surface area contributed by atoms with E-state index in [9.17, 15) is 0 Å². The van der Waals surface area contributed by atoms with Crippen LogP contribution in [-0.4, -0.2) is 0 Å². The molecule has 40 heavy (non-hydrogen) atoms. The fourth-order valence-electron chi connectivity index (χ4n) is 6.76. The molecule has 1 aliphatic rings. The van der Waals surface area contributed by atoms with Crippen LogP contribution in [0.3, 0.4) is 0 Å². The van der Waals surface area contributed by atoms with Crippen LogP contribution in [0.25, 0.3) is 43.8 Å². The van der Waals surface area contributed by atoms with E-state index < -0.39 is 0 Å². The first kappa shape index (κ1) is 23.1. The van der Waals surface area contributed by atoms with Crippen molar-refractivity contribution >= 4 is 49.8 Å². The van der Waals surface area contributed by atoms with E-state index in [0.29, 0.717) is 0 Å². The second-order valence-electron chi connectivity index (χ2n) is 11.5. The van der Waals surface area contributed by atoms with E-state index in [0.717, 1.165) is 33.6 Å². The molecule has 0 bridgehead atoms. The van der Waals surface area contributed by atoms with Crippen LogP contribution in [0.15, 0.2) is 126 Å². The van der Waals surface area contributed by atoms with Crippen molar-refractivity contribution in [3.63, 3.8) is 0 Å². The smallest absolute Gasteiger partial charge is 0.159 e. The monoisotopic (exact) mass is 515 g/mol. The van der Waals surface area contributed by atoms with Crippen molar-refractivity contribution in [2.45, 2.75) is 26.2 Å². The molecule has 6 aromatic carbocycles. The van der Waals surface area contributed by atoms with Crippen LogP contribution in [0, 0.1) is 6.92 Å². The molecule has 1 aromatic heterocycles. The molecular weight excluding hydrogens is 486 g/mol. The second kappa shape index (κ2) is 8.34. The molecule has 0 fully saturated rings. The van der Waals surface area contributed by atoms with Gasteiger partial charge in [0, 0.05) is 27.6 Å². The number of fused-ring (bicyclic) bond motifs is 8. The maximum atomic E-state index is 6.69. The topological polar surface area (TPSA) is 16.4 Å². The lowest BCUT2D eigenvalue weighted by Crippen LogP contribution is -2.16. The van der Waals surface area contributed by atoms with Gasteiger partial charge in [0.15, 0.2) is 5.58 Å². The summed E-state index contributed by atoms with van der Waals surface area (Å²) in [6.45, 7) is 6.82. The van der Waals surface area contributed by atoms with Gasteiger partial charge in [-0.25, -0.2) is 0 Å². The van der Waals surface area contributed by atoms with Gasteiger partial charge in [-0.3, -0.25) is 0 Å². The zero-order valence-corrected chi connectivity index (χ0v) is 22.9. The molecule has 0 aliphatic heterocycles. The number of para-hydroxylation sites is 1. The average molecular weight is 516 g/mol. The molecule has 0 unspecified atom stereocenters. The fraction of sp³-hybridized carbons (Fsp3) is 0.105. The molecule has 8 rings (SSSR count). The first-order chi connectivity index (χ1) is 19.5. The lowest BCUT2D eigenvalue weighted by molar-refractivity contribution is 0.660. The van der Waals surface area contributed by atoms with Crippen LogP contribution in [0.1, 0.15) is 30.5 Å². The summed E-state index contributed by atoms with van der Waals surface area (Å²) in [7, 11) is 0. The van der Waals surface area contributed by atoms with Gasteiger partial charge in [-0.05, 0) is 81.9 Å². The third kappa shape index (κ3) is 3.23. The average Bonchev–Trinajstić information content (AvgIpc) is 3.47. The van der Waals surface area contributed by atoms with Crippen LogP contribution in [-0.2, 0) is 5.41 Å². The summed E-state index contributed by atoms with van der Waals surface area (Å²) in [5, 5.41) is 4.75. The number of nitrogens with zero attached hydrogens (tertiary/aromatic N) is 1. The van der Waals surface area contributed by atoms with Crippen molar-refractivity contribution < 1.29 is 4.42 Å². The predicted octanol–water partition coefficient (Wildman–Crippen LogP) is 10.8. The number of hydrogen-bond acceptors (Lipinski definition) is 2. The third-order valence-electron chi connectivity index (χ3n) is 8.69. The summed E-state index contributed by atoms with van der Waals surface area (Å²) in [5.41, 5.74) is 11.6. The molecular formula is C38H29NO. The molecule has 7 aromatic rings. The number of hydrogen-bond donors (Lipinski definition) is 0. The summed E-state index contributed by atoms with van der Waals surface area (Å²) in [4.78, 5) is 2.36. The molecule has 0 saturated carbocycles. The lowest BCUT2D eigenvalue weighted by atomic mass is 9.82. The molecule has 0 amide bonds. The fourth-order valence-corrected chi connectivity index (χ4v) is 6.76. The number of furan rings is 1. The van der Waals surface area contributed by atoms with E-state index in [1.54, 1.807) is 0 Å². The summed E-state index contributed by atoms with van der Waals surface area (Å²) in [6, 6.07) is 43.8. The van der Waals surface area contributed by atoms with Gasteiger partial charge < -0.3 is 9.32 Å². The minimum absolute atomic E-state index is 0.0789. The Labute approximate surface area is 234 Å². The first-order valence-electron chi connectivity index (χ1n) is 13.9. The van der Waals surface area contributed by atoms with E-state index in [1.165, 1.54) is 44.0 Å². The molecule has 0 atom stereocenters. The van der Waals surface area contributed by atoms with Crippen LogP contribution >= 0.6 is 0 Å². The van der Waals surface area contributed by atoms with Crippen molar-refractivity contribution in [3.05, 3.63) is 138 Å². The Bertz CT molecular complexity index is 2110. The Morgan fingerprint density at radius 3 is 2.25 bits per heavy atom. The molecule has 1 aliphatic carbocycles. The summed E-state index contributed by atoms with van der Waals surface area (Å²) < 4.78 is 6.69. The molecule has 2 heteroatoms.